The summed E-state index contributed by atoms with van der Waals surface area (Å²) in [6.07, 6.45) is 1.28. The SMILES string of the molecule is N#C/C(=C/NC1=NCCS1)C(=O)Nc1ccc(S(N)(=O)=O)cc1. The average molecular weight is 351 g/mol. The summed E-state index contributed by atoms with van der Waals surface area (Å²) in [5.74, 6) is 0.243. The number of nitrogens with one attached hydrogen (secondary N) is 2. The van der Waals surface area contributed by atoms with Gasteiger partial charge >= 0.3 is 0 Å². The van der Waals surface area contributed by atoms with Crippen molar-refractivity contribution >= 4 is 38.5 Å². The fourth-order valence-electron chi connectivity index (χ4n) is 1.63. The number of carbonyl (C=O) groups excluding carboxylic acids is 1. The molecule has 0 unspecified atom stereocenters. The number of anilines is 1. The van der Waals surface area contributed by atoms with Gasteiger partial charge in [-0.15, -0.1) is 0 Å². The second-order valence-corrected chi connectivity index (χ2v) is 7.02. The molecule has 0 spiro atoms. The summed E-state index contributed by atoms with van der Waals surface area (Å²) in [6.45, 7) is 0.700. The van der Waals surface area contributed by atoms with E-state index < -0.39 is 15.9 Å². The lowest BCUT2D eigenvalue weighted by Gasteiger charge is -2.05. The molecule has 0 aromatic heterocycles. The maximum Gasteiger partial charge on any atom is 0.267 e. The number of aliphatic imine (C=N–C) groups is 1. The Hall–Kier alpha value is -2.35. The van der Waals surface area contributed by atoms with Crippen molar-refractivity contribution in [2.24, 2.45) is 10.1 Å². The number of rotatable bonds is 4. The summed E-state index contributed by atoms with van der Waals surface area (Å²) in [5, 5.41) is 20.0. The Balaban J connectivity index is 2.04. The summed E-state index contributed by atoms with van der Waals surface area (Å²) >= 11 is 1.50. The van der Waals surface area contributed by atoms with Crippen LogP contribution in [-0.4, -0.2) is 31.8 Å². The van der Waals surface area contributed by atoms with Gasteiger partial charge in [0.05, 0.1) is 11.4 Å². The van der Waals surface area contributed by atoms with Crippen molar-refractivity contribution in [3.63, 3.8) is 0 Å². The van der Waals surface area contributed by atoms with Crippen molar-refractivity contribution in [1.29, 1.82) is 5.26 Å². The monoisotopic (exact) mass is 351 g/mol. The van der Waals surface area contributed by atoms with E-state index in [4.69, 9.17) is 10.4 Å². The second-order valence-electron chi connectivity index (χ2n) is 4.37. The zero-order valence-corrected chi connectivity index (χ0v) is 13.4. The average Bonchev–Trinajstić information content (AvgIpc) is 3.01. The van der Waals surface area contributed by atoms with Crippen molar-refractivity contribution < 1.29 is 13.2 Å². The molecule has 1 heterocycles. The van der Waals surface area contributed by atoms with Crippen LogP contribution in [0.3, 0.4) is 0 Å². The standard InChI is InChI=1S/C13H13N5O3S2/c14-7-9(8-17-13-16-5-6-22-13)12(19)18-10-1-3-11(4-2-10)23(15,20)21/h1-4,8H,5-6H2,(H,16,17)(H,18,19)(H2,15,20,21)/b9-8-. The molecular formula is C13H13N5O3S2. The maximum atomic E-state index is 12.0. The molecule has 1 aliphatic rings. The van der Waals surface area contributed by atoms with Crippen LogP contribution in [0.25, 0.3) is 0 Å². The molecule has 10 heteroatoms. The lowest BCUT2D eigenvalue weighted by atomic mass is 10.2. The van der Waals surface area contributed by atoms with Crippen molar-refractivity contribution in [2.75, 3.05) is 17.6 Å². The van der Waals surface area contributed by atoms with E-state index in [-0.39, 0.29) is 10.5 Å². The maximum absolute atomic E-state index is 12.0. The first kappa shape index (κ1) is 17.0. The molecule has 0 saturated carbocycles. The first-order chi connectivity index (χ1) is 10.9. The molecule has 8 nitrogen and oxygen atoms in total. The number of nitriles is 1. The van der Waals surface area contributed by atoms with Crippen LogP contribution in [0.5, 0.6) is 0 Å². The third kappa shape index (κ3) is 4.82. The number of thioether (sulfide) groups is 1. The molecular weight excluding hydrogens is 338 g/mol. The van der Waals surface area contributed by atoms with Gasteiger partial charge in [0.1, 0.15) is 11.6 Å². The van der Waals surface area contributed by atoms with Crippen LogP contribution < -0.4 is 15.8 Å². The highest BCUT2D eigenvalue weighted by molar-refractivity contribution is 8.14. The lowest BCUT2D eigenvalue weighted by molar-refractivity contribution is -0.112. The van der Waals surface area contributed by atoms with Crippen molar-refractivity contribution in [2.45, 2.75) is 4.90 Å². The van der Waals surface area contributed by atoms with Crippen LogP contribution >= 0.6 is 11.8 Å². The van der Waals surface area contributed by atoms with E-state index in [1.807, 2.05) is 0 Å². The Morgan fingerprint density at radius 2 is 2.09 bits per heavy atom. The van der Waals surface area contributed by atoms with Gasteiger partial charge < -0.3 is 10.6 Å². The summed E-state index contributed by atoms with van der Waals surface area (Å²) in [4.78, 5) is 16.1. The van der Waals surface area contributed by atoms with Crippen molar-refractivity contribution in [3.8, 4) is 6.07 Å². The fraction of sp³-hybridized carbons (Fsp3) is 0.154. The summed E-state index contributed by atoms with van der Waals surface area (Å²) in [5.41, 5.74) is 0.215. The zero-order valence-electron chi connectivity index (χ0n) is 11.8. The predicted molar refractivity (Wildman–Crippen MR) is 88.0 cm³/mol. The molecule has 1 aromatic carbocycles. The van der Waals surface area contributed by atoms with Crippen LogP contribution in [0.2, 0.25) is 0 Å². The smallest absolute Gasteiger partial charge is 0.267 e. The van der Waals surface area contributed by atoms with Gasteiger partial charge in [0, 0.05) is 17.6 Å². The number of amidine groups is 1. The van der Waals surface area contributed by atoms with Gasteiger partial charge in [-0.2, -0.15) is 5.26 Å². The predicted octanol–water partition coefficient (Wildman–Crippen LogP) is 0.372. The molecule has 1 amide bonds. The molecule has 4 N–H and O–H groups in total. The quantitative estimate of drug-likeness (QED) is 0.529. The minimum absolute atomic E-state index is 0.0653. The van der Waals surface area contributed by atoms with Gasteiger partial charge in [0.2, 0.25) is 10.0 Å². The number of amides is 1. The van der Waals surface area contributed by atoms with Crippen LogP contribution in [0, 0.1) is 11.3 Å². The normalized spacial score (nSPS) is 14.8. The minimum Gasteiger partial charge on any atom is -0.340 e. The molecule has 23 heavy (non-hydrogen) atoms. The Morgan fingerprint density at radius 1 is 1.39 bits per heavy atom. The van der Waals surface area contributed by atoms with E-state index in [2.05, 4.69) is 15.6 Å². The molecule has 0 fully saturated rings. The second kappa shape index (κ2) is 7.28. The Bertz CT molecular complexity index is 807. The van der Waals surface area contributed by atoms with Crippen LogP contribution in [-0.2, 0) is 14.8 Å². The Kier molecular flexibility index (Phi) is 5.38. The molecule has 0 aliphatic carbocycles. The summed E-state index contributed by atoms with van der Waals surface area (Å²) < 4.78 is 22.3. The van der Waals surface area contributed by atoms with E-state index in [0.29, 0.717) is 17.4 Å². The van der Waals surface area contributed by atoms with E-state index in [0.717, 1.165) is 5.75 Å². The zero-order chi connectivity index (χ0) is 16.9. The Morgan fingerprint density at radius 3 is 2.61 bits per heavy atom. The number of hydrogen-bond acceptors (Lipinski definition) is 7. The van der Waals surface area contributed by atoms with Crippen LogP contribution in [0.1, 0.15) is 0 Å². The number of sulfonamides is 1. The van der Waals surface area contributed by atoms with Crippen LogP contribution in [0.15, 0.2) is 45.9 Å². The highest BCUT2D eigenvalue weighted by atomic mass is 32.2. The number of nitrogens with two attached hydrogens (primary N) is 1. The molecule has 0 atom stereocenters. The van der Waals surface area contributed by atoms with E-state index in [9.17, 15) is 13.2 Å². The summed E-state index contributed by atoms with van der Waals surface area (Å²) in [6, 6.07) is 7.09. The first-order valence-electron chi connectivity index (χ1n) is 6.38. The van der Waals surface area contributed by atoms with Crippen LogP contribution in [0.4, 0.5) is 5.69 Å². The highest BCUT2D eigenvalue weighted by Crippen LogP contribution is 2.14. The van der Waals surface area contributed by atoms with Gasteiger partial charge in [0.25, 0.3) is 5.91 Å². The number of hydrogen-bond donors (Lipinski definition) is 3. The van der Waals surface area contributed by atoms with Gasteiger partial charge in [-0.25, -0.2) is 13.6 Å². The minimum atomic E-state index is -3.79. The molecule has 1 aromatic rings. The van der Waals surface area contributed by atoms with Crippen molar-refractivity contribution in [1.82, 2.24) is 5.32 Å². The van der Waals surface area contributed by atoms with E-state index in [1.165, 1.54) is 42.2 Å². The molecule has 2 rings (SSSR count). The van der Waals surface area contributed by atoms with Crippen molar-refractivity contribution in [3.05, 3.63) is 36.0 Å². The highest BCUT2D eigenvalue weighted by Gasteiger charge is 2.12. The third-order valence-corrected chi connectivity index (χ3v) is 4.57. The summed E-state index contributed by atoms with van der Waals surface area (Å²) in [7, 11) is -3.79. The number of primary sulfonamides is 1. The number of nitrogens with zero attached hydrogens (tertiary/aromatic N) is 2. The van der Waals surface area contributed by atoms with E-state index in [1.54, 1.807) is 6.07 Å². The topological polar surface area (TPSA) is 137 Å². The molecule has 120 valence electrons. The first-order valence-corrected chi connectivity index (χ1v) is 8.91. The lowest BCUT2D eigenvalue weighted by Crippen LogP contribution is -2.18. The molecule has 0 saturated heterocycles. The number of benzene rings is 1. The molecule has 0 radical (unpaired) electrons. The van der Waals surface area contributed by atoms with Gasteiger partial charge in [-0.1, -0.05) is 11.8 Å². The molecule has 0 bridgehead atoms. The number of carbonyl (C=O) groups is 1. The van der Waals surface area contributed by atoms with Gasteiger partial charge in [-0.05, 0) is 24.3 Å². The molecule has 1 aliphatic heterocycles. The van der Waals surface area contributed by atoms with Gasteiger partial charge in [0.15, 0.2) is 5.17 Å². The fourth-order valence-corrected chi connectivity index (χ4v) is 2.85. The third-order valence-electron chi connectivity index (χ3n) is 2.73. The van der Waals surface area contributed by atoms with Gasteiger partial charge in [-0.3, -0.25) is 9.79 Å². The largest absolute Gasteiger partial charge is 0.340 e. The van der Waals surface area contributed by atoms with E-state index >= 15 is 0 Å². The Labute approximate surface area is 137 Å².